The zero-order valence-corrected chi connectivity index (χ0v) is 12.5. The summed E-state index contributed by atoms with van der Waals surface area (Å²) in [6, 6.07) is 0. The number of phosphoric ester groups is 1. The first kappa shape index (κ1) is 19.7. The Balaban J connectivity index is 4.25. The van der Waals surface area contributed by atoms with E-state index in [4.69, 9.17) is 20.5 Å². The van der Waals surface area contributed by atoms with Crippen molar-refractivity contribution in [3.63, 3.8) is 0 Å². The average molecular weight is 313 g/mol. The smallest absolute Gasteiger partial charge is 0.394 e. The van der Waals surface area contributed by atoms with Crippen molar-refractivity contribution < 1.29 is 33.5 Å². The molecule has 0 aromatic heterocycles. The molecule has 2 unspecified atom stereocenters. The van der Waals surface area contributed by atoms with Crippen LogP contribution in [0.25, 0.3) is 0 Å². The summed E-state index contributed by atoms with van der Waals surface area (Å²) in [6.45, 7) is 0.696. The Bertz CT molecular complexity index is 326. The zero-order valence-electron chi connectivity index (χ0n) is 11.6. The van der Waals surface area contributed by atoms with Crippen molar-refractivity contribution in [2.24, 2.45) is 5.73 Å². The molecule has 0 heterocycles. The Labute approximate surface area is 118 Å². The minimum Gasteiger partial charge on any atom is -0.394 e. The molecule has 0 radical (unpaired) electrons. The summed E-state index contributed by atoms with van der Waals surface area (Å²) in [5, 5.41) is 17.6. The minimum atomic E-state index is -4.42. The van der Waals surface area contributed by atoms with Gasteiger partial charge in [-0.15, -0.1) is 0 Å². The molecule has 0 fully saturated rings. The molecule has 0 aliphatic heterocycles. The lowest BCUT2D eigenvalue weighted by atomic mass is 10.1. The van der Waals surface area contributed by atoms with Crippen LogP contribution < -0.4 is 5.73 Å². The van der Waals surface area contributed by atoms with Crippen LogP contribution in [0.3, 0.4) is 0 Å². The van der Waals surface area contributed by atoms with Gasteiger partial charge >= 0.3 is 7.82 Å². The number of phosphoric acid groups is 1. The summed E-state index contributed by atoms with van der Waals surface area (Å²) in [5.74, 6) is -0.0994. The molecule has 8 nitrogen and oxygen atoms in total. The molecule has 0 bridgehead atoms. The second-order valence-electron chi connectivity index (χ2n) is 4.41. The number of aliphatic hydroxyl groups excluding tert-OH is 2. The lowest BCUT2D eigenvalue weighted by molar-refractivity contribution is -0.120. The highest BCUT2D eigenvalue weighted by atomic mass is 31.2. The Kier molecular flexibility index (Phi) is 10.2. The molecule has 0 spiro atoms. The second kappa shape index (κ2) is 10.4. The van der Waals surface area contributed by atoms with Crippen LogP contribution in [-0.4, -0.2) is 52.9 Å². The molecule has 0 saturated carbocycles. The van der Waals surface area contributed by atoms with Crippen molar-refractivity contribution in [1.29, 1.82) is 0 Å². The molecular weight excluding hydrogens is 289 g/mol. The minimum absolute atomic E-state index is 0.0625. The van der Waals surface area contributed by atoms with Crippen molar-refractivity contribution in [1.82, 2.24) is 0 Å². The van der Waals surface area contributed by atoms with Gasteiger partial charge in [0.25, 0.3) is 0 Å². The number of aliphatic hydroxyl groups is 2. The van der Waals surface area contributed by atoms with Crippen LogP contribution >= 0.6 is 7.82 Å². The molecule has 9 heteroatoms. The van der Waals surface area contributed by atoms with E-state index in [0.717, 1.165) is 12.8 Å². The van der Waals surface area contributed by atoms with Gasteiger partial charge in [-0.25, -0.2) is 4.57 Å². The van der Waals surface area contributed by atoms with Crippen molar-refractivity contribution in [3.05, 3.63) is 0 Å². The molecule has 5 N–H and O–H groups in total. The first-order chi connectivity index (χ1) is 9.34. The maximum absolute atomic E-state index is 11.6. The predicted molar refractivity (Wildman–Crippen MR) is 71.9 cm³/mol. The SMILES string of the molecule is CCCCC(=O)CC(CN)OP(=O)(O)OC[C@H](O)CO. The second-order valence-corrected chi connectivity index (χ2v) is 5.82. The van der Waals surface area contributed by atoms with Crippen LogP contribution in [0.4, 0.5) is 0 Å². The standard InChI is InChI=1S/C11H24NO7P/c1-2-3-4-9(14)5-11(6-12)19-20(16,17)18-8-10(15)7-13/h10-11,13,15H,2-8,12H2,1H3,(H,16,17)/t10-,11?/m1/s1. The van der Waals surface area contributed by atoms with E-state index in [9.17, 15) is 14.3 Å². The van der Waals surface area contributed by atoms with Crippen LogP contribution in [0.1, 0.15) is 32.6 Å². The Morgan fingerprint density at radius 3 is 2.60 bits per heavy atom. The maximum Gasteiger partial charge on any atom is 0.472 e. The molecule has 0 aliphatic rings. The summed E-state index contributed by atoms with van der Waals surface area (Å²) in [6.07, 6.45) is -0.265. The summed E-state index contributed by atoms with van der Waals surface area (Å²) >= 11 is 0. The number of nitrogens with two attached hydrogens (primary N) is 1. The number of hydrogen-bond acceptors (Lipinski definition) is 7. The Morgan fingerprint density at radius 1 is 1.45 bits per heavy atom. The fourth-order valence-corrected chi connectivity index (χ4v) is 2.30. The molecule has 0 rings (SSSR count). The van der Waals surface area contributed by atoms with E-state index < -0.39 is 33.2 Å². The number of Topliss-reactive ketones (excluding diaryl/α,β-unsaturated/α-hetero) is 1. The maximum atomic E-state index is 11.6. The predicted octanol–water partition coefficient (Wildman–Crippen LogP) is -0.0501. The van der Waals surface area contributed by atoms with Gasteiger partial charge in [-0.05, 0) is 6.42 Å². The fourth-order valence-electron chi connectivity index (χ4n) is 1.35. The zero-order chi connectivity index (χ0) is 15.6. The molecule has 0 aromatic carbocycles. The van der Waals surface area contributed by atoms with E-state index >= 15 is 0 Å². The molecule has 0 aromatic rings. The largest absolute Gasteiger partial charge is 0.472 e. The van der Waals surface area contributed by atoms with Gasteiger partial charge in [0.2, 0.25) is 0 Å². The van der Waals surface area contributed by atoms with Gasteiger partial charge in [0.15, 0.2) is 0 Å². The van der Waals surface area contributed by atoms with E-state index in [1.165, 1.54) is 0 Å². The van der Waals surface area contributed by atoms with Gasteiger partial charge in [-0.1, -0.05) is 13.3 Å². The van der Waals surface area contributed by atoms with Gasteiger partial charge < -0.3 is 20.8 Å². The number of rotatable bonds is 12. The summed E-state index contributed by atoms with van der Waals surface area (Å²) in [7, 11) is -4.42. The lowest BCUT2D eigenvalue weighted by Gasteiger charge is -2.19. The topological polar surface area (TPSA) is 139 Å². The van der Waals surface area contributed by atoms with E-state index in [-0.39, 0.29) is 18.7 Å². The summed E-state index contributed by atoms with van der Waals surface area (Å²) < 4.78 is 20.8. The third kappa shape index (κ3) is 9.55. The van der Waals surface area contributed by atoms with Crippen molar-refractivity contribution in [2.45, 2.75) is 44.8 Å². The molecule has 0 aliphatic carbocycles. The molecule has 0 saturated heterocycles. The molecule has 120 valence electrons. The normalized spacial score (nSPS) is 17.4. The molecule has 3 atom stereocenters. The van der Waals surface area contributed by atoms with E-state index in [1.807, 2.05) is 6.92 Å². The van der Waals surface area contributed by atoms with Crippen LogP contribution in [0.15, 0.2) is 0 Å². The third-order valence-electron chi connectivity index (χ3n) is 2.45. The highest BCUT2D eigenvalue weighted by Crippen LogP contribution is 2.45. The molecular formula is C11H24NO7P. The lowest BCUT2D eigenvalue weighted by Crippen LogP contribution is -2.27. The van der Waals surface area contributed by atoms with E-state index in [1.54, 1.807) is 0 Å². The van der Waals surface area contributed by atoms with Crippen molar-refractivity contribution in [2.75, 3.05) is 19.8 Å². The fraction of sp³-hybridized carbons (Fsp3) is 0.909. The number of carbonyl (C=O) groups excluding carboxylic acids is 1. The average Bonchev–Trinajstić information content (AvgIpc) is 2.41. The molecule has 0 amide bonds. The van der Waals surface area contributed by atoms with Crippen molar-refractivity contribution >= 4 is 13.6 Å². The highest BCUT2D eigenvalue weighted by molar-refractivity contribution is 7.47. The van der Waals surface area contributed by atoms with Gasteiger partial charge in [0.1, 0.15) is 11.9 Å². The van der Waals surface area contributed by atoms with Crippen molar-refractivity contribution in [3.8, 4) is 0 Å². The van der Waals surface area contributed by atoms with E-state index in [2.05, 4.69) is 4.52 Å². The third-order valence-corrected chi connectivity index (χ3v) is 3.49. The van der Waals surface area contributed by atoms with E-state index in [0.29, 0.717) is 6.42 Å². The summed E-state index contributed by atoms with van der Waals surface area (Å²) in [5.41, 5.74) is 5.38. The Morgan fingerprint density at radius 2 is 2.10 bits per heavy atom. The number of ketones is 1. The first-order valence-electron chi connectivity index (χ1n) is 6.51. The quantitative estimate of drug-likeness (QED) is 0.368. The number of carbonyl (C=O) groups is 1. The van der Waals surface area contributed by atoms with Gasteiger partial charge in [-0.2, -0.15) is 0 Å². The Hall–Kier alpha value is -0.340. The number of hydrogen-bond donors (Lipinski definition) is 4. The van der Waals surface area contributed by atoms with Crippen LogP contribution in [0.2, 0.25) is 0 Å². The number of unbranched alkanes of at least 4 members (excludes halogenated alkanes) is 1. The first-order valence-corrected chi connectivity index (χ1v) is 8.00. The van der Waals surface area contributed by atoms with Crippen LogP contribution in [0.5, 0.6) is 0 Å². The molecule has 20 heavy (non-hydrogen) atoms. The summed E-state index contributed by atoms with van der Waals surface area (Å²) in [4.78, 5) is 20.9. The monoisotopic (exact) mass is 313 g/mol. The van der Waals surface area contributed by atoms with Crippen LogP contribution in [-0.2, 0) is 18.4 Å². The van der Waals surface area contributed by atoms with Gasteiger partial charge in [-0.3, -0.25) is 13.8 Å². The van der Waals surface area contributed by atoms with Crippen LogP contribution in [0, 0.1) is 0 Å². The van der Waals surface area contributed by atoms with Gasteiger partial charge in [0.05, 0.1) is 19.3 Å². The van der Waals surface area contributed by atoms with Gasteiger partial charge in [0, 0.05) is 19.4 Å². The highest BCUT2D eigenvalue weighted by Gasteiger charge is 2.28.